The lowest BCUT2D eigenvalue weighted by Crippen LogP contribution is -2.37. The van der Waals surface area contributed by atoms with E-state index < -0.39 is 0 Å². The smallest absolute Gasteiger partial charge is 0.231 e. The number of rotatable bonds is 4. The first-order valence-corrected chi connectivity index (χ1v) is 7.56. The topological polar surface area (TPSA) is 44.1 Å². The lowest BCUT2D eigenvalue weighted by molar-refractivity contribution is -0.132. The van der Waals surface area contributed by atoms with E-state index in [4.69, 9.17) is 5.26 Å². The van der Waals surface area contributed by atoms with E-state index in [0.29, 0.717) is 13.1 Å². The molecule has 100 valence electrons. The van der Waals surface area contributed by atoms with Crippen molar-refractivity contribution in [2.24, 2.45) is 5.92 Å². The molecule has 2 atom stereocenters. The molecule has 0 fully saturated rings. The fraction of sp³-hybridized carbons (Fsp3) is 0.467. The zero-order valence-electron chi connectivity index (χ0n) is 11.3. The third-order valence-corrected chi connectivity index (χ3v) is 4.59. The van der Waals surface area contributed by atoms with E-state index in [1.165, 1.54) is 4.90 Å². The summed E-state index contributed by atoms with van der Waals surface area (Å²) in [5, 5.41) is 8.89. The number of carbonyl (C=O) groups excluding carboxylic acids is 1. The van der Waals surface area contributed by atoms with Crippen LogP contribution in [0.25, 0.3) is 0 Å². The van der Waals surface area contributed by atoms with Gasteiger partial charge in [0.25, 0.3) is 0 Å². The van der Waals surface area contributed by atoms with Gasteiger partial charge in [-0.25, -0.2) is 0 Å². The van der Waals surface area contributed by atoms with Gasteiger partial charge in [-0.2, -0.15) is 5.26 Å². The third kappa shape index (κ3) is 2.93. The summed E-state index contributed by atoms with van der Waals surface area (Å²) in [7, 11) is 0. The Hall–Kier alpha value is -1.47. The molecule has 0 spiro atoms. The number of thioether (sulfide) groups is 1. The maximum absolute atomic E-state index is 12.6. The van der Waals surface area contributed by atoms with Crippen LogP contribution in [0.1, 0.15) is 25.3 Å². The molecule has 2 rings (SSSR count). The lowest BCUT2D eigenvalue weighted by atomic mass is 9.99. The summed E-state index contributed by atoms with van der Waals surface area (Å²) in [6.45, 7) is 5.01. The molecule has 0 N–H and O–H groups in total. The number of hydrogen-bond acceptors (Lipinski definition) is 3. The van der Waals surface area contributed by atoms with E-state index >= 15 is 0 Å². The molecule has 1 heterocycles. The second kappa shape index (κ2) is 6.12. The zero-order chi connectivity index (χ0) is 13.8. The first-order valence-electron chi connectivity index (χ1n) is 6.57. The predicted molar refractivity (Wildman–Crippen MR) is 76.9 cm³/mol. The Labute approximate surface area is 118 Å². The highest BCUT2D eigenvalue weighted by atomic mass is 32.2. The van der Waals surface area contributed by atoms with Crippen LogP contribution in [0.5, 0.6) is 0 Å². The van der Waals surface area contributed by atoms with Crippen molar-refractivity contribution in [3.63, 3.8) is 0 Å². The van der Waals surface area contributed by atoms with Crippen LogP contribution in [0.4, 0.5) is 0 Å². The van der Waals surface area contributed by atoms with E-state index in [-0.39, 0.29) is 17.7 Å². The minimum absolute atomic E-state index is 0.0490. The Balaban J connectivity index is 2.14. The van der Waals surface area contributed by atoms with Crippen molar-refractivity contribution >= 4 is 17.7 Å². The number of nitriles is 1. The van der Waals surface area contributed by atoms with E-state index in [0.717, 1.165) is 11.3 Å². The van der Waals surface area contributed by atoms with Crippen molar-refractivity contribution < 1.29 is 4.79 Å². The van der Waals surface area contributed by atoms with Crippen molar-refractivity contribution in [3.8, 4) is 6.07 Å². The quantitative estimate of drug-likeness (QED) is 0.848. The van der Waals surface area contributed by atoms with Crippen molar-refractivity contribution in [2.75, 3.05) is 18.8 Å². The monoisotopic (exact) mass is 274 g/mol. The lowest BCUT2D eigenvalue weighted by Gasteiger charge is -2.25. The fourth-order valence-electron chi connectivity index (χ4n) is 2.33. The number of hydrogen-bond donors (Lipinski definition) is 0. The Morgan fingerprint density at radius 3 is 3.00 bits per heavy atom. The van der Waals surface area contributed by atoms with E-state index in [9.17, 15) is 4.79 Å². The van der Waals surface area contributed by atoms with Gasteiger partial charge in [-0.3, -0.25) is 4.79 Å². The van der Waals surface area contributed by atoms with Gasteiger partial charge in [-0.15, -0.1) is 11.8 Å². The summed E-state index contributed by atoms with van der Waals surface area (Å²) in [4.78, 5) is 15.6. The summed E-state index contributed by atoms with van der Waals surface area (Å²) in [6.07, 6.45) is 0. The summed E-state index contributed by atoms with van der Waals surface area (Å²) >= 11 is 1.74. The van der Waals surface area contributed by atoms with Crippen LogP contribution in [-0.2, 0) is 4.79 Å². The molecule has 0 aromatic heterocycles. The molecule has 19 heavy (non-hydrogen) atoms. The van der Waals surface area contributed by atoms with Gasteiger partial charge in [0.05, 0.1) is 17.9 Å². The molecule has 3 nitrogen and oxygen atoms in total. The van der Waals surface area contributed by atoms with Crippen molar-refractivity contribution in [2.45, 2.75) is 24.7 Å². The van der Waals surface area contributed by atoms with Crippen LogP contribution in [0.2, 0.25) is 0 Å². The van der Waals surface area contributed by atoms with Gasteiger partial charge >= 0.3 is 0 Å². The van der Waals surface area contributed by atoms with Crippen molar-refractivity contribution in [1.82, 2.24) is 4.90 Å². The largest absolute Gasteiger partial charge is 0.341 e. The Kier molecular flexibility index (Phi) is 4.49. The number of fused-ring (bicyclic) bond motifs is 1. The summed E-state index contributed by atoms with van der Waals surface area (Å²) in [5.74, 6) is 0.803. The molecule has 1 aromatic carbocycles. The van der Waals surface area contributed by atoms with Gasteiger partial charge in [-0.1, -0.05) is 18.2 Å². The van der Waals surface area contributed by atoms with Gasteiger partial charge in [0.15, 0.2) is 0 Å². The van der Waals surface area contributed by atoms with Crippen LogP contribution < -0.4 is 0 Å². The molecular weight excluding hydrogens is 256 g/mol. The minimum atomic E-state index is -0.117. The maximum Gasteiger partial charge on any atom is 0.231 e. The summed E-state index contributed by atoms with van der Waals surface area (Å²) in [6, 6.07) is 10.3. The van der Waals surface area contributed by atoms with Gasteiger partial charge in [-0.05, 0) is 25.5 Å². The van der Waals surface area contributed by atoms with E-state index in [2.05, 4.69) is 12.1 Å². The minimum Gasteiger partial charge on any atom is -0.341 e. The van der Waals surface area contributed by atoms with Crippen LogP contribution in [0.3, 0.4) is 0 Å². The number of likely N-dealkylation sites (N-methyl/N-ethyl adjacent to an activating group) is 1. The first-order chi connectivity index (χ1) is 9.17. The standard InChI is InChI=1S/C15H18N2OS/c1-3-17(9-11(2)8-16)15(18)13-10-19-14-7-5-4-6-12(13)14/h4-7,11,13H,3,9-10H2,1-2H3. The molecule has 1 aliphatic heterocycles. The second-order valence-corrected chi connectivity index (χ2v) is 5.87. The molecular formula is C15H18N2OS. The molecule has 0 saturated heterocycles. The summed E-state index contributed by atoms with van der Waals surface area (Å²) in [5.41, 5.74) is 1.14. The number of amides is 1. The molecule has 0 aliphatic carbocycles. The Morgan fingerprint density at radius 2 is 2.32 bits per heavy atom. The number of benzene rings is 1. The SMILES string of the molecule is CCN(CC(C)C#N)C(=O)C1CSc2ccccc21. The molecule has 1 aliphatic rings. The van der Waals surface area contributed by atoms with Crippen LogP contribution in [-0.4, -0.2) is 29.6 Å². The highest BCUT2D eigenvalue weighted by molar-refractivity contribution is 7.99. The van der Waals surface area contributed by atoms with Gasteiger partial charge in [0.1, 0.15) is 0 Å². The molecule has 0 radical (unpaired) electrons. The second-order valence-electron chi connectivity index (χ2n) is 4.81. The van der Waals surface area contributed by atoms with Crippen molar-refractivity contribution in [1.29, 1.82) is 5.26 Å². The van der Waals surface area contributed by atoms with Crippen molar-refractivity contribution in [3.05, 3.63) is 29.8 Å². The molecule has 2 unspecified atom stereocenters. The fourth-order valence-corrected chi connectivity index (χ4v) is 3.55. The van der Waals surface area contributed by atoms with Gasteiger partial charge in [0, 0.05) is 23.7 Å². The normalized spacial score (nSPS) is 18.5. The molecule has 0 saturated carbocycles. The van der Waals surface area contributed by atoms with Gasteiger partial charge < -0.3 is 4.90 Å². The highest BCUT2D eigenvalue weighted by Gasteiger charge is 2.32. The maximum atomic E-state index is 12.6. The molecule has 1 amide bonds. The Morgan fingerprint density at radius 1 is 1.58 bits per heavy atom. The number of nitrogens with zero attached hydrogens (tertiary/aromatic N) is 2. The van der Waals surface area contributed by atoms with E-state index in [1.54, 1.807) is 16.7 Å². The average Bonchev–Trinajstić information content (AvgIpc) is 2.87. The molecule has 4 heteroatoms. The van der Waals surface area contributed by atoms with Crippen LogP contribution in [0, 0.1) is 17.2 Å². The van der Waals surface area contributed by atoms with Gasteiger partial charge in [0.2, 0.25) is 5.91 Å². The average molecular weight is 274 g/mol. The van der Waals surface area contributed by atoms with E-state index in [1.807, 2.05) is 32.0 Å². The number of carbonyl (C=O) groups is 1. The predicted octanol–water partition coefficient (Wildman–Crippen LogP) is 2.88. The van der Waals surface area contributed by atoms with Crippen LogP contribution >= 0.6 is 11.8 Å². The summed E-state index contributed by atoms with van der Waals surface area (Å²) < 4.78 is 0. The first kappa shape index (κ1) is 14.0. The van der Waals surface area contributed by atoms with Crippen LogP contribution in [0.15, 0.2) is 29.2 Å². The Bertz CT molecular complexity index is 509. The highest BCUT2D eigenvalue weighted by Crippen LogP contribution is 2.40. The molecule has 0 bridgehead atoms. The molecule has 1 aromatic rings. The zero-order valence-corrected chi connectivity index (χ0v) is 12.1. The third-order valence-electron chi connectivity index (χ3n) is 3.41.